The molecule has 2 fully saturated rings. The predicted molar refractivity (Wildman–Crippen MR) is 73.9 cm³/mol. The van der Waals surface area contributed by atoms with Gasteiger partial charge in [-0.3, -0.25) is 4.90 Å². The number of hydrogen-bond donors (Lipinski definition) is 1. The Morgan fingerprint density at radius 3 is 2.59 bits per heavy atom. The highest BCUT2D eigenvalue weighted by molar-refractivity contribution is 4.91. The maximum Gasteiger partial charge on any atom is 0.0250 e. The van der Waals surface area contributed by atoms with Crippen molar-refractivity contribution in [3.05, 3.63) is 0 Å². The maximum absolute atomic E-state index is 6.38. The standard InChI is InChI=1S/C15H30N2/c1-11(2)13-6-7-14(16)15(9-13)17-8-4-5-12(3)10-17/h11-15H,4-10,16H2,1-3H3. The summed E-state index contributed by atoms with van der Waals surface area (Å²) < 4.78 is 0. The van der Waals surface area contributed by atoms with Crippen LogP contribution in [0.2, 0.25) is 0 Å². The maximum atomic E-state index is 6.38. The first-order chi connectivity index (χ1) is 8.08. The second-order valence-corrected chi connectivity index (χ2v) is 6.79. The molecule has 2 N–H and O–H groups in total. The van der Waals surface area contributed by atoms with E-state index >= 15 is 0 Å². The van der Waals surface area contributed by atoms with Crippen molar-refractivity contribution in [3.63, 3.8) is 0 Å². The largest absolute Gasteiger partial charge is 0.326 e. The normalized spacial score (nSPS) is 40.8. The molecule has 0 bridgehead atoms. The van der Waals surface area contributed by atoms with Crippen LogP contribution in [0, 0.1) is 17.8 Å². The Morgan fingerprint density at radius 2 is 1.94 bits per heavy atom. The van der Waals surface area contributed by atoms with Gasteiger partial charge in [-0.2, -0.15) is 0 Å². The molecule has 2 heteroatoms. The van der Waals surface area contributed by atoms with Crippen LogP contribution in [0.1, 0.15) is 52.9 Å². The lowest BCUT2D eigenvalue weighted by Crippen LogP contribution is -2.54. The summed E-state index contributed by atoms with van der Waals surface area (Å²) in [6, 6.07) is 1.09. The van der Waals surface area contributed by atoms with Crippen LogP contribution in [-0.4, -0.2) is 30.1 Å². The SMILES string of the molecule is CC1CCCN(C2CC(C(C)C)CCC2N)C1. The molecular formula is C15H30N2. The van der Waals surface area contributed by atoms with Gasteiger partial charge in [0, 0.05) is 18.6 Å². The van der Waals surface area contributed by atoms with Gasteiger partial charge in [-0.1, -0.05) is 20.8 Å². The Hall–Kier alpha value is -0.0800. The minimum atomic E-state index is 0.426. The van der Waals surface area contributed by atoms with Crippen molar-refractivity contribution in [2.75, 3.05) is 13.1 Å². The molecule has 17 heavy (non-hydrogen) atoms. The molecule has 2 rings (SSSR count). The summed E-state index contributed by atoms with van der Waals surface area (Å²) in [6.45, 7) is 9.70. The molecule has 0 aromatic rings. The van der Waals surface area contributed by atoms with Crippen LogP contribution in [0.3, 0.4) is 0 Å². The zero-order valence-corrected chi connectivity index (χ0v) is 11.9. The van der Waals surface area contributed by atoms with Crippen molar-refractivity contribution < 1.29 is 0 Å². The van der Waals surface area contributed by atoms with Crippen molar-refractivity contribution in [1.82, 2.24) is 4.90 Å². The van der Waals surface area contributed by atoms with E-state index in [4.69, 9.17) is 5.73 Å². The van der Waals surface area contributed by atoms with Gasteiger partial charge in [-0.25, -0.2) is 0 Å². The Balaban J connectivity index is 1.96. The number of rotatable bonds is 2. The van der Waals surface area contributed by atoms with E-state index in [2.05, 4.69) is 25.7 Å². The first-order valence-electron chi connectivity index (χ1n) is 7.57. The van der Waals surface area contributed by atoms with E-state index in [1.54, 1.807) is 0 Å². The minimum absolute atomic E-state index is 0.426. The smallest absolute Gasteiger partial charge is 0.0250 e. The van der Waals surface area contributed by atoms with Crippen molar-refractivity contribution in [3.8, 4) is 0 Å². The van der Waals surface area contributed by atoms with Gasteiger partial charge in [-0.05, 0) is 56.4 Å². The first-order valence-corrected chi connectivity index (χ1v) is 7.57. The Morgan fingerprint density at radius 1 is 1.18 bits per heavy atom. The monoisotopic (exact) mass is 238 g/mol. The van der Waals surface area contributed by atoms with Gasteiger partial charge in [0.2, 0.25) is 0 Å². The Labute approximate surface area is 107 Å². The molecular weight excluding hydrogens is 208 g/mol. The molecule has 100 valence electrons. The van der Waals surface area contributed by atoms with Crippen molar-refractivity contribution in [2.24, 2.45) is 23.5 Å². The van der Waals surface area contributed by atoms with Crippen LogP contribution in [0.4, 0.5) is 0 Å². The van der Waals surface area contributed by atoms with Crippen LogP contribution < -0.4 is 5.73 Å². The number of nitrogens with zero attached hydrogens (tertiary/aromatic N) is 1. The van der Waals surface area contributed by atoms with Gasteiger partial charge in [0.05, 0.1) is 0 Å². The number of hydrogen-bond acceptors (Lipinski definition) is 2. The number of piperidine rings is 1. The minimum Gasteiger partial charge on any atom is -0.326 e. The van der Waals surface area contributed by atoms with Gasteiger partial charge in [-0.15, -0.1) is 0 Å². The zero-order valence-electron chi connectivity index (χ0n) is 11.9. The lowest BCUT2D eigenvalue weighted by Gasteiger charge is -2.45. The quantitative estimate of drug-likeness (QED) is 0.801. The molecule has 2 aliphatic rings. The predicted octanol–water partition coefficient (Wildman–Crippen LogP) is 2.87. The summed E-state index contributed by atoms with van der Waals surface area (Å²) in [5, 5.41) is 0. The summed E-state index contributed by atoms with van der Waals surface area (Å²) >= 11 is 0. The van der Waals surface area contributed by atoms with E-state index in [1.807, 2.05) is 0 Å². The summed E-state index contributed by atoms with van der Waals surface area (Å²) in [7, 11) is 0. The third-order valence-corrected chi connectivity index (χ3v) is 5.01. The van der Waals surface area contributed by atoms with Crippen LogP contribution in [0.25, 0.3) is 0 Å². The van der Waals surface area contributed by atoms with E-state index in [9.17, 15) is 0 Å². The van der Waals surface area contributed by atoms with Gasteiger partial charge >= 0.3 is 0 Å². The fourth-order valence-electron chi connectivity index (χ4n) is 3.75. The molecule has 1 saturated carbocycles. The Bertz CT molecular complexity index is 239. The highest BCUT2D eigenvalue weighted by atomic mass is 15.2. The van der Waals surface area contributed by atoms with Crippen molar-refractivity contribution in [2.45, 2.75) is 65.0 Å². The third-order valence-electron chi connectivity index (χ3n) is 5.01. The van der Waals surface area contributed by atoms with Gasteiger partial charge in [0.25, 0.3) is 0 Å². The molecule has 4 atom stereocenters. The number of likely N-dealkylation sites (tertiary alicyclic amines) is 1. The average molecular weight is 238 g/mol. The molecule has 1 heterocycles. The lowest BCUT2D eigenvalue weighted by atomic mass is 9.76. The Kier molecular flexibility index (Phi) is 4.48. The van der Waals surface area contributed by atoms with E-state index in [0.29, 0.717) is 12.1 Å². The molecule has 1 aliphatic carbocycles. The third kappa shape index (κ3) is 3.23. The highest BCUT2D eigenvalue weighted by Crippen LogP contribution is 2.33. The molecule has 0 aromatic heterocycles. The lowest BCUT2D eigenvalue weighted by molar-refractivity contribution is 0.0636. The van der Waals surface area contributed by atoms with Crippen LogP contribution in [0.5, 0.6) is 0 Å². The van der Waals surface area contributed by atoms with Crippen molar-refractivity contribution >= 4 is 0 Å². The van der Waals surface area contributed by atoms with Crippen LogP contribution in [0.15, 0.2) is 0 Å². The first kappa shape index (κ1) is 13.4. The van der Waals surface area contributed by atoms with Crippen molar-refractivity contribution in [1.29, 1.82) is 0 Å². The fourth-order valence-corrected chi connectivity index (χ4v) is 3.75. The van der Waals surface area contributed by atoms with Gasteiger partial charge in [0.15, 0.2) is 0 Å². The fraction of sp³-hybridized carbons (Fsp3) is 1.00. The highest BCUT2D eigenvalue weighted by Gasteiger charge is 2.34. The van der Waals surface area contributed by atoms with E-state index < -0.39 is 0 Å². The second-order valence-electron chi connectivity index (χ2n) is 6.79. The molecule has 1 aliphatic heterocycles. The number of nitrogens with two attached hydrogens (primary N) is 1. The summed E-state index contributed by atoms with van der Waals surface area (Å²) in [5.41, 5.74) is 6.38. The summed E-state index contributed by atoms with van der Waals surface area (Å²) in [5.74, 6) is 2.60. The van der Waals surface area contributed by atoms with Gasteiger partial charge in [0.1, 0.15) is 0 Å². The molecule has 1 saturated heterocycles. The molecule has 0 amide bonds. The second kappa shape index (κ2) is 5.71. The average Bonchev–Trinajstić information content (AvgIpc) is 2.29. The van der Waals surface area contributed by atoms with E-state index in [0.717, 1.165) is 17.8 Å². The zero-order chi connectivity index (χ0) is 12.4. The van der Waals surface area contributed by atoms with E-state index in [1.165, 1.54) is 45.2 Å². The van der Waals surface area contributed by atoms with E-state index in [-0.39, 0.29) is 0 Å². The molecule has 2 nitrogen and oxygen atoms in total. The molecule has 4 unspecified atom stereocenters. The van der Waals surface area contributed by atoms with Gasteiger partial charge < -0.3 is 5.73 Å². The van der Waals surface area contributed by atoms with Crippen LogP contribution >= 0.6 is 0 Å². The molecule has 0 radical (unpaired) electrons. The summed E-state index contributed by atoms with van der Waals surface area (Å²) in [4.78, 5) is 2.70. The molecule has 0 spiro atoms. The summed E-state index contributed by atoms with van der Waals surface area (Å²) in [6.07, 6.45) is 6.70. The molecule has 0 aromatic carbocycles. The topological polar surface area (TPSA) is 29.3 Å². The van der Waals surface area contributed by atoms with Crippen LogP contribution in [-0.2, 0) is 0 Å².